The van der Waals surface area contributed by atoms with E-state index in [9.17, 15) is 4.79 Å². The summed E-state index contributed by atoms with van der Waals surface area (Å²) in [6.45, 7) is 2.61. The summed E-state index contributed by atoms with van der Waals surface area (Å²) in [4.78, 5) is 12.8. The molecule has 0 saturated heterocycles. The zero-order valence-corrected chi connectivity index (χ0v) is 13.2. The maximum absolute atomic E-state index is 11.6. The normalized spacial score (nSPS) is 10.2. The average molecular weight is 322 g/mol. The molecule has 0 aliphatic carbocycles. The number of amides is 1. The SMILES string of the molecule is Cc1cccc(SCCNC(=O)Oc2ccc(Cl)cc2)c1. The van der Waals surface area contributed by atoms with E-state index in [1.807, 2.05) is 6.07 Å². The smallest absolute Gasteiger partial charge is 0.410 e. The van der Waals surface area contributed by atoms with E-state index in [1.54, 1.807) is 36.0 Å². The molecule has 0 heterocycles. The van der Waals surface area contributed by atoms with Crippen molar-refractivity contribution in [1.29, 1.82) is 0 Å². The van der Waals surface area contributed by atoms with Crippen LogP contribution in [-0.2, 0) is 0 Å². The monoisotopic (exact) mass is 321 g/mol. The lowest BCUT2D eigenvalue weighted by Gasteiger charge is -2.07. The summed E-state index contributed by atoms with van der Waals surface area (Å²) in [6.07, 6.45) is -0.456. The number of hydrogen-bond donors (Lipinski definition) is 1. The van der Waals surface area contributed by atoms with Crippen LogP contribution in [0.15, 0.2) is 53.4 Å². The third-order valence-corrected chi connectivity index (χ3v) is 3.90. The van der Waals surface area contributed by atoms with Crippen molar-refractivity contribution in [2.24, 2.45) is 0 Å². The predicted molar refractivity (Wildman–Crippen MR) is 87.4 cm³/mol. The van der Waals surface area contributed by atoms with Crippen LogP contribution < -0.4 is 10.1 Å². The highest BCUT2D eigenvalue weighted by Crippen LogP contribution is 2.18. The first-order valence-corrected chi connectivity index (χ1v) is 7.90. The predicted octanol–water partition coefficient (Wildman–Crippen LogP) is 4.53. The molecule has 3 nitrogen and oxygen atoms in total. The number of carbonyl (C=O) groups excluding carboxylic acids is 1. The topological polar surface area (TPSA) is 38.3 Å². The van der Waals surface area contributed by atoms with Crippen LogP contribution in [0.2, 0.25) is 5.02 Å². The molecule has 0 atom stereocenters. The van der Waals surface area contributed by atoms with Gasteiger partial charge in [0.05, 0.1) is 0 Å². The minimum absolute atomic E-state index is 0.456. The molecule has 0 bridgehead atoms. The molecule has 1 amide bonds. The number of rotatable bonds is 5. The number of hydrogen-bond acceptors (Lipinski definition) is 3. The quantitative estimate of drug-likeness (QED) is 0.649. The van der Waals surface area contributed by atoms with E-state index in [0.717, 1.165) is 5.75 Å². The largest absolute Gasteiger partial charge is 0.412 e. The van der Waals surface area contributed by atoms with Gasteiger partial charge in [0.15, 0.2) is 0 Å². The first-order chi connectivity index (χ1) is 10.1. The molecule has 2 aromatic rings. The van der Waals surface area contributed by atoms with Crippen LogP contribution >= 0.6 is 23.4 Å². The van der Waals surface area contributed by atoms with Gasteiger partial charge in [0.1, 0.15) is 5.75 Å². The van der Waals surface area contributed by atoms with Gasteiger partial charge in [-0.15, -0.1) is 11.8 Å². The van der Waals surface area contributed by atoms with Gasteiger partial charge in [-0.25, -0.2) is 4.79 Å². The van der Waals surface area contributed by atoms with E-state index in [4.69, 9.17) is 16.3 Å². The van der Waals surface area contributed by atoms with Crippen LogP contribution in [0.4, 0.5) is 4.79 Å². The summed E-state index contributed by atoms with van der Waals surface area (Å²) >= 11 is 7.46. The molecule has 21 heavy (non-hydrogen) atoms. The lowest BCUT2D eigenvalue weighted by Crippen LogP contribution is -2.28. The number of halogens is 1. The highest BCUT2D eigenvalue weighted by atomic mass is 35.5. The van der Waals surface area contributed by atoms with Gasteiger partial charge in [0.2, 0.25) is 0 Å². The van der Waals surface area contributed by atoms with E-state index in [1.165, 1.54) is 10.5 Å². The van der Waals surface area contributed by atoms with Gasteiger partial charge in [0.25, 0.3) is 0 Å². The number of nitrogens with one attached hydrogen (secondary N) is 1. The molecule has 2 aromatic carbocycles. The standard InChI is InChI=1S/C16H16ClNO2S/c1-12-3-2-4-15(11-12)21-10-9-18-16(19)20-14-7-5-13(17)6-8-14/h2-8,11H,9-10H2,1H3,(H,18,19). The fourth-order valence-corrected chi connectivity index (χ4v) is 2.68. The van der Waals surface area contributed by atoms with E-state index in [-0.39, 0.29) is 0 Å². The Bertz CT molecular complexity index is 601. The Morgan fingerprint density at radius 3 is 2.71 bits per heavy atom. The molecule has 5 heteroatoms. The summed E-state index contributed by atoms with van der Waals surface area (Å²) in [7, 11) is 0. The fourth-order valence-electron chi connectivity index (χ4n) is 1.67. The average Bonchev–Trinajstić information content (AvgIpc) is 2.46. The van der Waals surface area contributed by atoms with Gasteiger partial charge in [-0.05, 0) is 43.3 Å². The van der Waals surface area contributed by atoms with Crippen LogP contribution in [0.1, 0.15) is 5.56 Å². The van der Waals surface area contributed by atoms with Gasteiger partial charge < -0.3 is 10.1 Å². The first-order valence-electron chi connectivity index (χ1n) is 6.54. The van der Waals surface area contributed by atoms with Crippen LogP contribution in [0.3, 0.4) is 0 Å². The summed E-state index contributed by atoms with van der Waals surface area (Å²) in [5.41, 5.74) is 1.23. The zero-order chi connectivity index (χ0) is 15.1. The van der Waals surface area contributed by atoms with E-state index in [2.05, 4.69) is 30.4 Å². The Labute approximate surface area is 133 Å². The molecule has 2 rings (SSSR count). The molecule has 110 valence electrons. The Hall–Kier alpha value is -1.65. The second-order valence-electron chi connectivity index (χ2n) is 4.44. The lowest BCUT2D eigenvalue weighted by molar-refractivity contribution is 0.201. The number of ether oxygens (including phenoxy) is 1. The van der Waals surface area contributed by atoms with Gasteiger partial charge in [-0.1, -0.05) is 29.3 Å². The Morgan fingerprint density at radius 2 is 2.00 bits per heavy atom. The molecular weight excluding hydrogens is 306 g/mol. The molecule has 0 aromatic heterocycles. The van der Waals surface area contributed by atoms with Crippen molar-refractivity contribution in [2.75, 3.05) is 12.3 Å². The number of benzene rings is 2. The number of thioether (sulfide) groups is 1. The molecule has 0 saturated carbocycles. The summed E-state index contributed by atoms with van der Waals surface area (Å²) in [6, 6.07) is 14.9. The summed E-state index contributed by atoms with van der Waals surface area (Å²) in [5.74, 6) is 1.27. The second kappa shape index (κ2) is 7.96. The Kier molecular flexibility index (Phi) is 5.96. The number of carbonyl (C=O) groups is 1. The highest BCUT2D eigenvalue weighted by Gasteiger charge is 2.03. The van der Waals surface area contributed by atoms with Crippen LogP contribution in [0.25, 0.3) is 0 Å². The second-order valence-corrected chi connectivity index (χ2v) is 6.04. The van der Waals surface area contributed by atoms with Crippen molar-refractivity contribution in [3.05, 3.63) is 59.1 Å². The highest BCUT2D eigenvalue weighted by molar-refractivity contribution is 7.99. The third kappa shape index (κ3) is 5.69. The molecule has 1 N–H and O–H groups in total. The minimum Gasteiger partial charge on any atom is -0.410 e. The van der Waals surface area contributed by atoms with Crippen molar-refractivity contribution in [3.63, 3.8) is 0 Å². The summed E-state index contributed by atoms with van der Waals surface area (Å²) < 4.78 is 5.12. The summed E-state index contributed by atoms with van der Waals surface area (Å²) in [5, 5.41) is 3.32. The van der Waals surface area contributed by atoms with Gasteiger partial charge >= 0.3 is 6.09 Å². The minimum atomic E-state index is -0.456. The van der Waals surface area contributed by atoms with Crippen LogP contribution in [0, 0.1) is 6.92 Å². The maximum atomic E-state index is 11.6. The fraction of sp³-hybridized carbons (Fsp3) is 0.188. The maximum Gasteiger partial charge on any atom is 0.412 e. The Morgan fingerprint density at radius 1 is 1.24 bits per heavy atom. The molecule has 0 aliphatic rings. The molecule has 0 radical (unpaired) electrons. The van der Waals surface area contributed by atoms with Gasteiger partial charge in [0, 0.05) is 22.2 Å². The van der Waals surface area contributed by atoms with Crippen molar-refractivity contribution in [3.8, 4) is 5.75 Å². The van der Waals surface area contributed by atoms with Gasteiger partial charge in [-0.2, -0.15) is 0 Å². The van der Waals surface area contributed by atoms with Crippen molar-refractivity contribution >= 4 is 29.5 Å². The van der Waals surface area contributed by atoms with Crippen LogP contribution in [0.5, 0.6) is 5.75 Å². The molecule has 0 aliphatic heterocycles. The van der Waals surface area contributed by atoms with Crippen LogP contribution in [-0.4, -0.2) is 18.4 Å². The third-order valence-electron chi connectivity index (χ3n) is 2.65. The molecule has 0 fully saturated rings. The van der Waals surface area contributed by atoms with Crippen molar-refractivity contribution in [1.82, 2.24) is 5.32 Å². The zero-order valence-electron chi connectivity index (χ0n) is 11.6. The van der Waals surface area contributed by atoms with Gasteiger partial charge in [-0.3, -0.25) is 0 Å². The van der Waals surface area contributed by atoms with Crippen molar-refractivity contribution in [2.45, 2.75) is 11.8 Å². The van der Waals surface area contributed by atoms with Crippen molar-refractivity contribution < 1.29 is 9.53 Å². The van der Waals surface area contributed by atoms with E-state index < -0.39 is 6.09 Å². The molecule has 0 unspecified atom stereocenters. The number of aryl methyl sites for hydroxylation is 1. The van der Waals surface area contributed by atoms with E-state index >= 15 is 0 Å². The lowest BCUT2D eigenvalue weighted by atomic mass is 10.2. The van der Waals surface area contributed by atoms with E-state index in [0.29, 0.717) is 17.3 Å². The Balaban J connectivity index is 1.68. The molecule has 0 spiro atoms. The molecular formula is C16H16ClNO2S. The first kappa shape index (κ1) is 15.7.